The lowest BCUT2D eigenvalue weighted by atomic mass is 9.64. The number of fused-ring (bicyclic) bond motifs is 3. The van der Waals surface area contributed by atoms with E-state index in [1.807, 2.05) is 62.4 Å². The van der Waals surface area contributed by atoms with E-state index < -0.39 is 35.6 Å². The summed E-state index contributed by atoms with van der Waals surface area (Å²) in [6.07, 6.45) is 0.165. The first-order chi connectivity index (χ1) is 18.3. The molecule has 196 valence electrons. The highest BCUT2D eigenvalue weighted by molar-refractivity contribution is 6.22. The number of benzene rings is 3. The lowest BCUT2D eigenvalue weighted by Gasteiger charge is -2.44. The van der Waals surface area contributed by atoms with Crippen LogP contribution in [-0.4, -0.2) is 34.4 Å². The Morgan fingerprint density at radius 3 is 2.24 bits per heavy atom. The third-order valence-electron chi connectivity index (χ3n) is 8.46. The maximum atomic E-state index is 13.8. The van der Waals surface area contributed by atoms with Gasteiger partial charge in [0.25, 0.3) is 0 Å². The zero-order valence-corrected chi connectivity index (χ0v) is 21.4. The highest BCUT2D eigenvalue weighted by Gasteiger charge is 2.67. The van der Waals surface area contributed by atoms with Crippen LogP contribution in [0.4, 0.5) is 5.69 Å². The van der Waals surface area contributed by atoms with Crippen molar-refractivity contribution in [2.45, 2.75) is 38.6 Å². The summed E-state index contributed by atoms with van der Waals surface area (Å²) in [5.41, 5.74) is 2.80. The Balaban J connectivity index is 1.37. The molecule has 3 fully saturated rings. The van der Waals surface area contributed by atoms with E-state index in [0.29, 0.717) is 17.9 Å². The van der Waals surface area contributed by atoms with Gasteiger partial charge in [-0.15, -0.1) is 0 Å². The fourth-order valence-electron chi connectivity index (χ4n) is 6.60. The van der Waals surface area contributed by atoms with Crippen molar-refractivity contribution < 1.29 is 29.3 Å². The number of aromatic hydroxyl groups is 1. The van der Waals surface area contributed by atoms with Crippen LogP contribution in [0.25, 0.3) is 0 Å². The van der Waals surface area contributed by atoms with Gasteiger partial charge in [0.1, 0.15) is 11.5 Å². The number of phenols is 1. The molecule has 3 aromatic carbocycles. The average Bonchev–Trinajstić information content (AvgIpc) is 3.40. The molecule has 7 heteroatoms. The lowest BCUT2D eigenvalue weighted by molar-refractivity contribution is -0.272. The first kappa shape index (κ1) is 24.6. The number of rotatable bonds is 5. The Bertz CT molecular complexity index is 1350. The zero-order valence-electron chi connectivity index (χ0n) is 21.4. The maximum absolute atomic E-state index is 13.8. The molecule has 2 N–H and O–H groups in total. The Kier molecular flexibility index (Phi) is 6.00. The van der Waals surface area contributed by atoms with Crippen molar-refractivity contribution >= 4 is 17.5 Å². The summed E-state index contributed by atoms with van der Waals surface area (Å²) in [7, 11) is 0. The second-order valence-electron chi connectivity index (χ2n) is 10.7. The number of anilines is 1. The fourth-order valence-corrected chi connectivity index (χ4v) is 6.60. The molecule has 1 aliphatic carbocycles. The number of imide groups is 1. The van der Waals surface area contributed by atoms with E-state index in [1.54, 1.807) is 24.3 Å². The van der Waals surface area contributed by atoms with E-state index in [4.69, 9.17) is 9.47 Å². The van der Waals surface area contributed by atoms with Gasteiger partial charge >= 0.3 is 0 Å². The number of hydrogen-bond donors (Lipinski definition) is 2. The fraction of sp³-hybridized carbons (Fsp3) is 0.355. The summed E-state index contributed by atoms with van der Waals surface area (Å²) in [6.45, 7) is 3.80. The summed E-state index contributed by atoms with van der Waals surface area (Å²) in [5.74, 6) is -3.66. The number of amides is 2. The van der Waals surface area contributed by atoms with Crippen LogP contribution < -0.4 is 9.64 Å². The predicted molar refractivity (Wildman–Crippen MR) is 140 cm³/mol. The molecule has 6 rings (SSSR count). The van der Waals surface area contributed by atoms with E-state index in [2.05, 4.69) is 0 Å². The van der Waals surface area contributed by atoms with Crippen LogP contribution in [0.1, 0.15) is 35.6 Å². The van der Waals surface area contributed by atoms with Gasteiger partial charge in [0.2, 0.25) is 11.8 Å². The van der Waals surface area contributed by atoms with Crippen LogP contribution in [0, 0.1) is 37.5 Å². The molecular weight excluding hydrogens is 482 g/mol. The summed E-state index contributed by atoms with van der Waals surface area (Å²) in [4.78, 5) is 28.7. The Morgan fingerprint density at radius 2 is 1.58 bits per heavy atom. The largest absolute Gasteiger partial charge is 0.507 e. The number of hydrogen-bond acceptors (Lipinski definition) is 6. The van der Waals surface area contributed by atoms with Crippen molar-refractivity contribution in [2.24, 2.45) is 23.7 Å². The molecule has 7 nitrogen and oxygen atoms in total. The first-order valence-corrected chi connectivity index (χ1v) is 13.1. The highest BCUT2D eigenvalue weighted by atomic mass is 16.6. The molecule has 6 atom stereocenters. The first-order valence-electron chi connectivity index (χ1n) is 13.1. The molecule has 0 aromatic heterocycles. The monoisotopic (exact) mass is 513 g/mol. The molecule has 0 radical (unpaired) electrons. The van der Waals surface area contributed by atoms with Crippen molar-refractivity contribution in [3.05, 3.63) is 89.5 Å². The number of carbonyl (C=O) groups is 2. The lowest BCUT2D eigenvalue weighted by Crippen LogP contribution is -2.55. The third kappa shape index (κ3) is 3.89. The molecule has 0 unspecified atom stereocenters. The number of ether oxygens (including phenoxy) is 2. The zero-order chi connectivity index (χ0) is 26.6. The van der Waals surface area contributed by atoms with Crippen LogP contribution in [0.3, 0.4) is 0 Å². The van der Waals surface area contributed by atoms with Crippen LogP contribution in [0.5, 0.6) is 11.5 Å². The van der Waals surface area contributed by atoms with E-state index in [1.165, 1.54) is 4.90 Å². The van der Waals surface area contributed by atoms with E-state index in [9.17, 15) is 19.8 Å². The molecule has 1 saturated carbocycles. The average molecular weight is 514 g/mol. The minimum atomic E-state index is -1.65. The van der Waals surface area contributed by atoms with Crippen LogP contribution in [0.15, 0.2) is 72.8 Å². The van der Waals surface area contributed by atoms with Crippen molar-refractivity contribution in [1.29, 1.82) is 0 Å². The van der Waals surface area contributed by atoms with Gasteiger partial charge in [0, 0.05) is 11.8 Å². The molecule has 0 spiro atoms. The molecule has 2 heterocycles. The van der Waals surface area contributed by atoms with Gasteiger partial charge in [0.15, 0.2) is 5.79 Å². The summed E-state index contributed by atoms with van der Waals surface area (Å²) in [5, 5.41) is 22.4. The van der Waals surface area contributed by atoms with Crippen molar-refractivity contribution in [1.82, 2.24) is 0 Å². The standard InChI is InChI=1S/C31H31NO6/c1-18-13-20(14-19(2)28(18)33)26-16-25-27-24(29(34)32(30(27)35)22-9-5-3-6-10-22)15-21(31(25,36)38-26)17-37-23-11-7-4-8-12-23/h3-14,21,24-27,33,36H,15-17H2,1-2H3/t21-,24+,25+,26+,27+,31-/m1/s1. The predicted octanol–water partition coefficient (Wildman–Crippen LogP) is 4.68. The topological polar surface area (TPSA) is 96.3 Å². The van der Waals surface area contributed by atoms with Gasteiger partial charge in [-0.2, -0.15) is 0 Å². The van der Waals surface area contributed by atoms with Gasteiger partial charge < -0.3 is 19.7 Å². The van der Waals surface area contributed by atoms with Crippen LogP contribution in [-0.2, 0) is 14.3 Å². The Hall–Kier alpha value is -3.68. The minimum Gasteiger partial charge on any atom is -0.507 e. The summed E-state index contributed by atoms with van der Waals surface area (Å²) >= 11 is 0. The third-order valence-corrected chi connectivity index (χ3v) is 8.46. The van der Waals surface area contributed by atoms with Crippen molar-refractivity contribution in [2.75, 3.05) is 11.5 Å². The van der Waals surface area contributed by atoms with Crippen molar-refractivity contribution in [3.63, 3.8) is 0 Å². The molecular formula is C31H31NO6. The molecule has 3 aliphatic rings. The van der Waals surface area contributed by atoms with Gasteiger partial charge in [-0.05, 0) is 79.8 Å². The van der Waals surface area contributed by atoms with Gasteiger partial charge in [-0.25, -0.2) is 0 Å². The molecule has 3 aromatic rings. The second-order valence-corrected chi connectivity index (χ2v) is 10.7. The molecule has 2 aliphatic heterocycles. The van der Waals surface area contributed by atoms with E-state index in [-0.39, 0.29) is 30.6 Å². The number of para-hydroxylation sites is 2. The van der Waals surface area contributed by atoms with Crippen LogP contribution >= 0.6 is 0 Å². The van der Waals surface area contributed by atoms with E-state index in [0.717, 1.165) is 16.7 Å². The number of nitrogens with zero attached hydrogens (tertiary/aromatic N) is 1. The Morgan fingerprint density at radius 1 is 0.947 bits per heavy atom. The highest BCUT2D eigenvalue weighted by Crippen LogP contribution is 2.58. The van der Waals surface area contributed by atoms with Crippen molar-refractivity contribution in [3.8, 4) is 11.5 Å². The summed E-state index contributed by atoms with van der Waals surface area (Å²) in [6, 6.07) is 22.0. The summed E-state index contributed by atoms with van der Waals surface area (Å²) < 4.78 is 12.5. The minimum absolute atomic E-state index is 0.146. The maximum Gasteiger partial charge on any atom is 0.238 e. The molecule has 2 saturated heterocycles. The second kappa shape index (κ2) is 9.26. The number of aryl methyl sites for hydroxylation is 2. The Labute approximate surface area is 221 Å². The quantitative estimate of drug-likeness (QED) is 0.481. The molecule has 2 amide bonds. The number of carbonyl (C=O) groups excluding carboxylic acids is 2. The van der Waals surface area contributed by atoms with E-state index >= 15 is 0 Å². The smallest absolute Gasteiger partial charge is 0.238 e. The van der Waals surface area contributed by atoms with Gasteiger partial charge in [-0.1, -0.05) is 36.4 Å². The molecule has 38 heavy (non-hydrogen) atoms. The molecule has 0 bridgehead atoms. The number of phenolic OH excluding ortho intramolecular Hbond substituents is 1. The number of aliphatic hydroxyl groups is 1. The SMILES string of the molecule is Cc1cc([C@@H]2C[C@H]3[C@H]4C(=O)N(c5ccccc5)C(=O)[C@H]4C[C@H](COc4ccccc4)[C@@]3(O)O2)cc(C)c1O. The van der Waals surface area contributed by atoms with Gasteiger partial charge in [0.05, 0.1) is 30.2 Å². The normalized spacial score (nSPS) is 30.3. The van der Waals surface area contributed by atoms with Gasteiger partial charge in [-0.3, -0.25) is 14.5 Å². The van der Waals surface area contributed by atoms with Crippen LogP contribution in [0.2, 0.25) is 0 Å².